The molecule has 6 N–H and O–H groups in total. The highest BCUT2D eigenvalue weighted by Gasteiger charge is 2.43. The number of hydrogen-bond acceptors (Lipinski definition) is 7. The van der Waals surface area contributed by atoms with E-state index >= 15 is 0 Å². The minimum atomic E-state index is -1.40. The van der Waals surface area contributed by atoms with E-state index in [1.807, 2.05) is 0 Å². The molecule has 1 fully saturated rings. The summed E-state index contributed by atoms with van der Waals surface area (Å²) in [5.41, 5.74) is 5.20. The second-order valence-electron chi connectivity index (χ2n) is 3.36. The summed E-state index contributed by atoms with van der Waals surface area (Å²) in [5.74, 6) is 0. The van der Waals surface area contributed by atoms with Crippen LogP contribution in [0.15, 0.2) is 0 Å². The maximum absolute atomic E-state index is 9.47. The quantitative estimate of drug-likeness (QED) is 0.339. The molecule has 7 heteroatoms. The lowest BCUT2D eigenvalue weighted by molar-refractivity contribution is -0.300. The smallest absolute Gasteiger partial charge is 0.186 e. The average molecular weight is 223 g/mol. The van der Waals surface area contributed by atoms with Gasteiger partial charge in [-0.1, -0.05) is 0 Å². The molecule has 0 aromatic heterocycles. The van der Waals surface area contributed by atoms with Crippen LogP contribution in [0.25, 0.3) is 0 Å². The monoisotopic (exact) mass is 223 g/mol. The average Bonchev–Trinajstić information content (AvgIpc) is 2.25. The zero-order chi connectivity index (χ0) is 11.4. The summed E-state index contributed by atoms with van der Waals surface area (Å²) < 4.78 is 10.1. The third-order valence-electron chi connectivity index (χ3n) is 2.25. The lowest BCUT2D eigenvalue weighted by Gasteiger charge is -2.39. The summed E-state index contributed by atoms with van der Waals surface area (Å²) >= 11 is 0. The second-order valence-corrected chi connectivity index (χ2v) is 3.36. The largest absolute Gasteiger partial charge is 0.394 e. The number of hydrogen-bond donors (Lipinski definition) is 5. The molecule has 15 heavy (non-hydrogen) atoms. The van der Waals surface area contributed by atoms with E-state index in [1.165, 1.54) is 0 Å². The van der Waals surface area contributed by atoms with Crippen LogP contribution in [0, 0.1) is 0 Å². The van der Waals surface area contributed by atoms with Crippen LogP contribution < -0.4 is 5.73 Å². The highest BCUT2D eigenvalue weighted by molar-refractivity contribution is 4.88. The van der Waals surface area contributed by atoms with Crippen LogP contribution in [0.1, 0.15) is 0 Å². The Morgan fingerprint density at radius 1 is 1.13 bits per heavy atom. The van der Waals surface area contributed by atoms with Gasteiger partial charge < -0.3 is 35.6 Å². The van der Waals surface area contributed by atoms with Crippen molar-refractivity contribution < 1.29 is 29.9 Å². The first-order valence-electron chi connectivity index (χ1n) is 4.74. The van der Waals surface area contributed by atoms with Crippen molar-refractivity contribution in [3.8, 4) is 0 Å². The van der Waals surface area contributed by atoms with Crippen molar-refractivity contribution in [2.24, 2.45) is 5.73 Å². The van der Waals surface area contributed by atoms with E-state index in [-0.39, 0.29) is 13.2 Å². The molecule has 0 aliphatic carbocycles. The molecule has 1 unspecified atom stereocenters. The summed E-state index contributed by atoms with van der Waals surface area (Å²) in [6.07, 6.45) is -6.13. The summed E-state index contributed by atoms with van der Waals surface area (Å²) in [6, 6.07) is 0. The van der Waals surface area contributed by atoms with Gasteiger partial charge in [-0.15, -0.1) is 0 Å². The van der Waals surface area contributed by atoms with Gasteiger partial charge in [-0.05, 0) is 0 Å². The summed E-state index contributed by atoms with van der Waals surface area (Å²) in [5, 5.41) is 37.1. The zero-order valence-electron chi connectivity index (χ0n) is 8.19. The van der Waals surface area contributed by atoms with E-state index in [4.69, 9.17) is 20.3 Å². The Kier molecular flexibility index (Phi) is 4.87. The third kappa shape index (κ3) is 2.85. The first-order chi connectivity index (χ1) is 7.11. The lowest BCUT2D eigenvalue weighted by Crippen LogP contribution is -2.59. The van der Waals surface area contributed by atoms with Crippen molar-refractivity contribution in [1.82, 2.24) is 0 Å². The van der Waals surface area contributed by atoms with E-state index in [9.17, 15) is 15.3 Å². The summed E-state index contributed by atoms with van der Waals surface area (Å²) in [7, 11) is 0. The van der Waals surface area contributed by atoms with Crippen molar-refractivity contribution in [3.05, 3.63) is 0 Å². The molecular weight excluding hydrogens is 206 g/mol. The van der Waals surface area contributed by atoms with Gasteiger partial charge in [0.1, 0.15) is 24.4 Å². The van der Waals surface area contributed by atoms with Crippen LogP contribution in [0.4, 0.5) is 0 Å². The Morgan fingerprint density at radius 3 is 2.33 bits per heavy atom. The van der Waals surface area contributed by atoms with Gasteiger partial charge in [0.15, 0.2) is 6.29 Å². The fraction of sp³-hybridized carbons (Fsp3) is 1.00. The molecule has 0 aromatic carbocycles. The van der Waals surface area contributed by atoms with Crippen molar-refractivity contribution in [2.45, 2.75) is 30.7 Å². The molecule has 1 aliphatic rings. The van der Waals surface area contributed by atoms with E-state index < -0.39 is 37.3 Å². The molecule has 0 bridgehead atoms. The predicted octanol–water partition coefficient (Wildman–Crippen LogP) is -3.24. The molecule has 0 spiro atoms. The zero-order valence-corrected chi connectivity index (χ0v) is 8.19. The van der Waals surface area contributed by atoms with Crippen molar-refractivity contribution in [1.29, 1.82) is 0 Å². The Balaban J connectivity index is 2.57. The van der Waals surface area contributed by atoms with Crippen molar-refractivity contribution in [3.63, 3.8) is 0 Å². The Bertz CT molecular complexity index is 190. The fourth-order valence-corrected chi connectivity index (χ4v) is 1.39. The first kappa shape index (κ1) is 12.8. The predicted molar refractivity (Wildman–Crippen MR) is 48.8 cm³/mol. The SMILES string of the molecule is NCCOC1O[C@H](CO)[C@@H](O)[C@H](O)[C@@H]1O. The minimum Gasteiger partial charge on any atom is -0.394 e. The van der Waals surface area contributed by atoms with Crippen LogP contribution in [-0.4, -0.2) is 70.9 Å². The van der Waals surface area contributed by atoms with Gasteiger partial charge in [-0.25, -0.2) is 0 Å². The van der Waals surface area contributed by atoms with E-state index in [2.05, 4.69) is 0 Å². The van der Waals surface area contributed by atoms with Crippen LogP contribution in [0.5, 0.6) is 0 Å². The molecule has 1 rings (SSSR count). The van der Waals surface area contributed by atoms with Crippen LogP contribution in [-0.2, 0) is 9.47 Å². The summed E-state index contributed by atoms with van der Waals surface area (Å²) in [6.45, 7) is -0.0643. The van der Waals surface area contributed by atoms with Gasteiger partial charge in [0.05, 0.1) is 13.2 Å². The normalized spacial score (nSPS) is 41.8. The molecule has 90 valence electrons. The van der Waals surface area contributed by atoms with Gasteiger partial charge in [0, 0.05) is 6.54 Å². The maximum atomic E-state index is 9.47. The van der Waals surface area contributed by atoms with Gasteiger partial charge in [0.2, 0.25) is 0 Å². The topological polar surface area (TPSA) is 125 Å². The van der Waals surface area contributed by atoms with Crippen LogP contribution >= 0.6 is 0 Å². The van der Waals surface area contributed by atoms with Gasteiger partial charge in [-0.2, -0.15) is 0 Å². The third-order valence-corrected chi connectivity index (χ3v) is 2.25. The molecule has 0 radical (unpaired) electrons. The molecule has 0 saturated carbocycles. The Labute approximate surface area is 87.0 Å². The Morgan fingerprint density at radius 2 is 1.80 bits per heavy atom. The number of ether oxygens (including phenoxy) is 2. The molecule has 1 saturated heterocycles. The number of aliphatic hydroxyl groups excluding tert-OH is 4. The second kappa shape index (κ2) is 5.71. The number of rotatable bonds is 4. The molecule has 0 amide bonds. The molecule has 5 atom stereocenters. The number of aliphatic hydroxyl groups is 4. The first-order valence-corrected chi connectivity index (χ1v) is 4.74. The number of nitrogens with two attached hydrogens (primary N) is 1. The van der Waals surface area contributed by atoms with Gasteiger partial charge >= 0.3 is 0 Å². The van der Waals surface area contributed by atoms with Crippen molar-refractivity contribution in [2.75, 3.05) is 19.8 Å². The van der Waals surface area contributed by atoms with E-state index in [0.29, 0.717) is 0 Å². The van der Waals surface area contributed by atoms with E-state index in [1.54, 1.807) is 0 Å². The fourth-order valence-electron chi connectivity index (χ4n) is 1.39. The molecule has 1 heterocycles. The minimum absolute atomic E-state index is 0.155. The molecular formula is C8H17NO6. The molecule has 1 aliphatic heterocycles. The van der Waals surface area contributed by atoms with Crippen LogP contribution in [0.2, 0.25) is 0 Å². The van der Waals surface area contributed by atoms with Crippen LogP contribution in [0.3, 0.4) is 0 Å². The maximum Gasteiger partial charge on any atom is 0.186 e. The molecule has 0 aromatic rings. The van der Waals surface area contributed by atoms with Gasteiger partial charge in [-0.3, -0.25) is 0 Å². The van der Waals surface area contributed by atoms with Gasteiger partial charge in [0.25, 0.3) is 0 Å². The highest BCUT2D eigenvalue weighted by atomic mass is 16.7. The highest BCUT2D eigenvalue weighted by Crippen LogP contribution is 2.21. The standard InChI is InChI=1S/C8H17NO6/c9-1-2-14-8-7(13)6(12)5(11)4(3-10)15-8/h4-8,10-13H,1-3,9H2/t4-,5-,6+,7+,8?/m1/s1. The summed E-state index contributed by atoms with van der Waals surface area (Å²) in [4.78, 5) is 0. The van der Waals surface area contributed by atoms with E-state index in [0.717, 1.165) is 0 Å². The van der Waals surface area contributed by atoms with Crippen molar-refractivity contribution >= 4 is 0 Å². The Hall–Kier alpha value is -0.280. The molecule has 7 nitrogen and oxygen atoms in total. The lowest BCUT2D eigenvalue weighted by atomic mass is 9.99.